The van der Waals surface area contributed by atoms with Crippen molar-refractivity contribution in [2.45, 2.75) is 40.7 Å². The van der Waals surface area contributed by atoms with Gasteiger partial charge in [-0.15, -0.1) is 0 Å². The zero-order valence-electron chi connectivity index (χ0n) is 12.2. The average molecular weight is 247 g/mol. The van der Waals surface area contributed by atoms with E-state index in [0.29, 0.717) is 23.4 Å². The van der Waals surface area contributed by atoms with Gasteiger partial charge in [0.1, 0.15) is 5.75 Å². The summed E-state index contributed by atoms with van der Waals surface area (Å²) in [4.78, 5) is 0. The Morgan fingerprint density at radius 3 is 2.22 bits per heavy atom. The van der Waals surface area contributed by atoms with Gasteiger partial charge in [0.15, 0.2) is 0 Å². The fraction of sp³-hybridized carbons (Fsp3) is 0.625. The number of ether oxygens (including phenoxy) is 1. The first kappa shape index (κ1) is 13.4. The lowest BCUT2D eigenvalue weighted by atomic mass is 9.96. The predicted molar refractivity (Wildman–Crippen MR) is 75.6 cm³/mol. The molecule has 0 amide bonds. The highest BCUT2D eigenvalue weighted by Gasteiger charge is 2.66. The molecule has 1 aromatic carbocycles. The minimum absolute atomic E-state index is 0.0535. The summed E-state index contributed by atoms with van der Waals surface area (Å²) < 4.78 is 5.69. The van der Waals surface area contributed by atoms with Crippen molar-refractivity contribution in [1.82, 2.24) is 0 Å². The minimum atomic E-state index is 0.0535. The van der Waals surface area contributed by atoms with Gasteiger partial charge in [-0.3, -0.25) is 0 Å². The Morgan fingerprint density at radius 2 is 1.72 bits per heavy atom. The summed E-state index contributed by atoms with van der Waals surface area (Å²) in [5, 5.41) is 0. The van der Waals surface area contributed by atoms with Crippen molar-refractivity contribution in [3.05, 3.63) is 29.8 Å². The molecule has 2 heteroatoms. The smallest absolute Gasteiger partial charge is 0.124 e. The van der Waals surface area contributed by atoms with Crippen molar-refractivity contribution in [3.8, 4) is 5.75 Å². The van der Waals surface area contributed by atoms with E-state index < -0.39 is 0 Å². The lowest BCUT2D eigenvalue weighted by Gasteiger charge is -2.18. The molecule has 18 heavy (non-hydrogen) atoms. The summed E-state index contributed by atoms with van der Waals surface area (Å²) in [6, 6.07) is 8.21. The van der Waals surface area contributed by atoms with Crippen molar-refractivity contribution in [1.29, 1.82) is 0 Å². The van der Waals surface area contributed by atoms with Gasteiger partial charge in [-0.25, -0.2) is 0 Å². The third kappa shape index (κ3) is 1.83. The van der Waals surface area contributed by atoms with Crippen LogP contribution >= 0.6 is 0 Å². The first-order valence-corrected chi connectivity index (χ1v) is 6.81. The van der Waals surface area contributed by atoms with Crippen molar-refractivity contribution >= 4 is 0 Å². The van der Waals surface area contributed by atoms with Crippen LogP contribution in [0.5, 0.6) is 5.75 Å². The van der Waals surface area contributed by atoms with E-state index in [-0.39, 0.29) is 6.04 Å². The number of benzene rings is 1. The van der Waals surface area contributed by atoms with Gasteiger partial charge in [-0.2, -0.15) is 0 Å². The molecule has 0 bridgehead atoms. The van der Waals surface area contributed by atoms with Crippen LogP contribution in [0.2, 0.25) is 0 Å². The molecule has 2 rings (SSSR count). The molecule has 1 aromatic rings. The van der Waals surface area contributed by atoms with Gasteiger partial charge in [0.25, 0.3) is 0 Å². The topological polar surface area (TPSA) is 35.2 Å². The number of hydrogen-bond donors (Lipinski definition) is 1. The Bertz CT molecular complexity index is 422. The van der Waals surface area contributed by atoms with Gasteiger partial charge in [0.2, 0.25) is 0 Å². The Balaban J connectivity index is 2.28. The highest BCUT2D eigenvalue weighted by Crippen LogP contribution is 2.72. The number of nitrogens with two attached hydrogens (primary N) is 1. The molecule has 2 nitrogen and oxygen atoms in total. The van der Waals surface area contributed by atoms with Crippen LogP contribution in [-0.4, -0.2) is 6.61 Å². The standard InChI is InChI=1S/C16H25NO/c1-6-18-12-10-8-7-9-11(12)13(17)14-15(2,3)16(14,4)5/h7-10,13-14H,6,17H2,1-5H3. The highest BCUT2D eigenvalue weighted by atomic mass is 16.5. The zero-order valence-corrected chi connectivity index (χ0v) is 12.2. The molecule has 2 N–H and O–H groups in total. The quantitative estimate of drug-likeness (QED) is 0.879. The molecule has 0 spiro atoms. The lowest BCUT2D eigenvalue weighted by Crippen LogP contribution is -2.17. The predicted octanol–water partition coefficient (Wildman–Crippen LogP) is 3.77. The summed E-state index contributed by atoms with van der Waals surface area (Å²) in [6.45, 7) is 11.9. The minimum Gasteiger partial charge on any atom is -0.494 e. The molecular weight excluding hydrogens is 222 g/mol. The molecule has 1 aliphatic rings. The van der Waals surface area contributed by atoms with Gasteiger partial charge in [-0.05, 0) is 29.7 Å². The molecule has 0 radical (unpaired) electrons. The summed E-state index contributed by atoms with van der Waals surface area (Å²) in [5.74, 6) is 1.44. The molecule has 1 unspecified atom stereocenters. The van der Waals surface area contributed by atoms with Crippen LogP contribution in [0, 0.1) is 16.7 Å². The van der Waals surface area contributed by atoms with Gasteiger partial charge >= 0.3 is 0 Å². The number of para-hydroxylation sites is 1. The van der Waals surface area contributed by atoms with Crippen molar-refractivity contribution in [3.63, 3.8) is 0 Å². The Kier molecular flexibility index (Phi) is 3.18. The molecule has 0 heterocycles. The van der Waals surface area contributed by atoms with Crippen molar-refractivity contribution < 1.29 is 4.74 Å². The van der Waals surface area contributed by atoms with Crippen LogP contribution in [-0.2, 0) is 0 Å². The molecule has 1 aliphatic carbocycles. The van der Waals surface area contributed by atoms with Crippen LogP contribution in [0.1, 0.15) is 46.2 Å². The van der Waals surface area contributed by atoms with Gasteiger partial charge in [0, 0.05) is 11.6 Å². The lowest BCUT2D eigenvalue weighted by molar-refractivity contribution is 0.330. The maximum Gasteiger partial charge on any atom is 0.124 e. The van der Waals surface area contributed by atoms with E-state index in [2.05, 4.69) is 33.8 Å². The normalized spacial score (nSPS) is 22.6. The van der Waals surface area contributed by atoms with E-state index in [0.717, 1.165) is 11.3 Å². The molecular formula is C16H25NO. The summed E-state index contributed by atoms with van der Waals surface area (Å²) in [6.07, 6.45) is 0. The number of rotatable bonds is 4. The fourth-order valence-corrected chi connectivity index (χ4v) is 3.37. The summed E-state index contributed by atoms with van der Waals surface area (Å²) in [7, 11) is 0. The molecule has 0 aromatic heterocycles. The zero-order chi connectivity index (χ0) is 13.6. The number of hydrogen-bond acceptors (Lipinski definition) is 2. The SMILES string of the molecule is CCOc1ccccc1C(N)C1C(C)(C)C1(C)C. The van der Waals surface area contributed by atoms with Gasteiger partial charge in [0.05, 0.1) is 6.61 Å². The summed E-state index contributed by atoms with van der Waals surface area (Å²) >= 11 is 0. The Morgan fingerprint density at radius 1 is 1.17 bits per heavy atom. The van der Waals surface area contributed by atoms with Crippen LogP contribution in [0.15, 0.2) is 24.3 Å². The average Bonchev–Trinajstić information content (AvgIpc) is 2.70. The van der Waals surface area contributed by atoms with Crippen LogP contribution < -0.4 is 10.5 Å². The van der Waals surface area contributed by atoms with Gasteiger partial charge in [-0.1, -0.05) is 45.9 Å². The second-order valence-electron chi connectivity index (χ2n) is 6.42. The van der Waals surface area contributed by atoms with E-state index in [9.17, 15) is 0 Å². The summed E-state index contributed by atoms with van der Waals surface area (Å²) in [5.41, 5.74) is 8.24. The van der Waals surface area contributed by atoms with Crippen molar-refractivity contribution in [2.75, 3.05) is 6.61 Å². The molecule has 1 fully saturated rings. The fourth-order valence-electron chi connectivity index (χ4n) is 3.37. The third-order valence-electron chi connectivity index (χ3n) is 5.07. The van der Waals surface area contributed by atoms with E-state index >= 15 is 0 Å². The van der Waals surface area contributed by atoms with E-state index in [4.69, 9.17) is 10.5 Å². The maximum atomic E-state index is 6.50. The van der Waals surface area contributed by atoms with Gasteiger partial charge < -0.3 is 10.5 Å². The second kappa shape index (κ2) is 4.27. The second-order valence-corrected chi connectivity index (χ2v) is 6.42. The first-order chi connectivity index (χ1) is 8.34. The van der Waals surface area contributed by atoms with Crippen LogP contribution in [0.4, 0.5) is 0 Å². The first-order valence-electron chi connectivity index (χ1n) is 6.81. The monoisotopic (exact) mass is 247 g/mol. The van der Waals surface area contributed by atoms with Crippen molar-refractivity contribution in [2.24, 2.45) is 22.5 Å². The van der Waals surface area contributed by atoms with Crippen LogP contribution in [0.3, 0.4) is 0 Å². The Labute approximate surface area is 111 Å². The van der Waals surface area contributed by atoms with E-state index in [1.165, 1.54) is 0 Å². The molecule has 1 saturated carbocycles. The Hall–Kier alpha value is -1.02. The molecule has 0 aliphatic heterocycles. The van der Waals surface area contributed by atoms with E-state index in [1.807, 2.05) is 25.1 Å². The van der Waals surface area contributed by atoms with Crippen LogP contribution in [0.25, 0.3) is 0 Å². The molecule has 100 valence electrons. The van der Waals surface area contributed by atoms with E-state index in [1.54, 1.807) is 0 Å². The largest absolute Gasteiger partial charge is 0.494 e. The maximum absolute atomic E-state index is 6.50. The highest BCUT2D eigenvalue weighted by molar-refractivity contribution is 5.38. The third-order valence-corrected chi connectivity index (χ3v) is 5.07. The molecule has 0 saturated heterocycles. The molecule has 1 atom stereocenters.